The number of aromatic nitrogens is 3. The third kappa shape index (κ3) is 4.96. The summed E-state index contributed by atoms with van der Waals surface area (Å²) in [6, 6.07) is 67.3. The van der Waals surface area contributed by atoms with Crippen LogP contribution in [0, 0.1) is 0 Å². The van der Waals surface area contributed by atoms with Crippen molar-refractivity contribution in [3.63, 3.8) is 0 Å². The Morgan fingerprint density at radius 3 is 1.76 bits per heavy atom. The Bertz CT molecular complexity index is 3160. The van der Waals surface area contributed by atoms with Crippen molar-refractivity contribution in [3.8, 4) is 50.6 Å². The summed E-state index contributed by atoms with van der Waals surface area (Å²) < 4.78 is 4.98. The van der Waals surface area contributed by atoms with Crippen LogP contribution in [0.1, 0.15) is 0 Å². The molecule has 11 aromatic rings. The molecule has 0 bridgehead atoms. The van der Waals surface area contributed by atoms with Gasteiger partial charge in [0, 0.05) is 58.7 Å². The van der Waals surface area contributed by atoms with Crippen LogP contribution in [0.5, 0.6) is 0 Å². The molecule has 0 aliphatic heterocycles. The monoisotopic (exact) mass is 705 g/mol. The van der Waals surface area contributed by atoms with Crippen LogP contribution in [0.4, 0.5) is 0 Å². The van der Waals surface area contributed by atoms with Gasteiger partial charge in [-0.3, -0.25) is 0 Å². The second kappa shape index (κ2) is 12.4. The number of para-hydroxylation sites is 3. The van der Waals surface area contributed by atoms with Gasteiger partial charge in [0.15, 0.2) is 5.82 Å². The van der Waals surface area contributed by atoms with Gasteiger partial charge in [-0.2, -0.15) is 0 Å². The van der Waals surface area contributed by atoms with E-state index in [1.807, 2.05) is 11.3 Å². The zero-order valence-corrected chi connectivity index (χ0v) is 30.0. The Morgan fingerprint density at radius 1 is 0.389 bits per heavy atom. The Kier molecular flexibility index (Phi) is 7.04. The smallest absolute Gasteiger partial charge is 0.160 e. The maximum absolute atomic E-state index is 5.29. The zero-order chi connectivity index (χ0) is 35.6. The normalized spacial score (nSPS) is 11.7. The minimum Gasteiger partial charge on any atom is -0.309 e. The summed E-state index contributed by atoms with van der Waals surface area (Å²) in [7, 11) is 0. The molecule has 0 atom stereocenters. The van der Waals surface area contributed by atoms with Crippen molar-refractivity contribution in [1.29, 1.82) is 0 Å². The summed E-state index contributed by atoms with van der Waals surface area (Å²) in [5.41, 5.74) is 12.2. The molecule has 0 saturated heterocycles. The van der Waals surface area contributed by atoms with Gasteiger partial charge in [0.2, 0.25) is 0 Å². The molecule has 0 amide bonds. The van der Waals surface area contributed by atoms with Crippen LogP contribution in [-0.4, -0.2) is 14.5 Å². The largest absolute Gasteiger partial charge is 0.309 e. The Labute approximate surface area is 316 Å². The molecule has 54 heavy (non-hydrogen) atoms. The standard InChI is InChI=1S/C50H31N3S/c1-2-13-32(14-3-1)33-25-27-34(28-26-33)48-41-20-4-8-21-44(41)51-50(52-48)36-16-12-15-35(29-36)42-30-37(31-43-40-19-7-11-24-47(40)54-49(42)43)53-45-22-9-5-17-38(45)39-18-6-10-23-46(39)53/h1-31H. The predicted molar refractivity (Wildman–Crippen MR) is 229 cm³/mol. The van der Waals surface area contributed by atoms with Crippen LogP contribution < -0.4 is 0 Å². The fourth-order valence-electron chi connectivity index (χ4n) is 8.06. The van der Waals surface area contributed by atoms with E-state index in [1.54, 1.807) is 0 Å². The van der Waals surface area contributed by atoms with Gasteiger partial charge in [0.05, 0.1) is 22.2 Å². The van der Waals surface area contributed by atoms with Crippen LogP contribution in [-0.2, 0) is 0 Å². The minimum atomic E-state index is 0.712. The Hall–Kier alpha value is -6.88. The van der Waals surface area contributed by atoms with Crippen LogP contribution in [0.2, 0.25) is 0 Å². The molecule has 3 nitrogen and oxygen atoms in total. The van der Waals surface area contributed by atoms with Gasteiger partial charge in [-0.15, -0.1) is 11.3 Å². The SMILES string of the molecule is c1ccc(-c2ccc(-c3nc(-c4cccc(-c5cc(-n6c7ccccc7c7ccccc76)cc6c5sc5ccccc56)c4)nc4ccccc34)cc2)cc1. The van der Waals surface area contributed by atoms with Crippen molar-refractivity contribution < 1.29 is 0 Å². The van der Waals surface area contributed by atoms with Crippen molar-refractivity contribution >= 4 is 64.2 Å². The summed E-state index contributed by atoms with van der Waals surface area (Å²) in [6.07, 6.45) is 0. The van der Waals surface area contributed by atoms with Crippen molar-refractivity contribution in [1.82, 2.24) is 14.5 Å². The van der Waals surface area contributed by atoms with Crippen LogP contribution in [0.15, 0.2) is 188 Å². The first-order valence-corrected chi connectivity index (χ1v) is 19.1. The number of thiophene rings is 1. The molecule has 252 valence electrons. The van der Waals surface area contributed by atoms with E-state index in [9.17, 15) is 0 Å². The van der Waals surface area contributed by atoms with E-state index in [0.29, 0.717) is 5.82 Å². The summed E-state index contributed by atoms with van der Waals surface area (Å²) in [4.78, 5) is 10.4. The third-order valence-electron chi connectivity index (χ3n) is 10.6. The second-order valence-corrected chi connectivity index (χ2v) is 14.8. The fraction of sp³-hybridized carbons (Fsp3) is 0. The van der Waals surface area contributed by atoms with Crippen LogP contribution in [0.3, 0.4) is 0 Å². The molecular weight excluding hydrogens is 675 g/mol. The highest BCUT2D eigenvalue weighted by molar-refractivity contribution is 7.26. The molecule has 11 rings (SSSR count). The topological polar surface area (TPSA) is 30.7 Å². The van der Waals surface area contributed by atoms with Gasteiger partial charge in [-0.25, -0.2) is 9.97 Å². The molecule has 8 aromatic carbocycles. The quantitative estimate of drug-likeness (QED) is 0.178. The minimum absolute atomic E-state index is 0.712. The summed E-state index contributed by atoms with van der Waals surface area (Å²) in [5, 5.41) is 6.09. The molecule has 0 saturated carbocycles. The number of hydrogen-bond acceptors (Lipinski definition) is 3. The molecular formula is C50H31N3S. The van der Waals surface area contributed by atoms with E-state index in [-0.39, 0.29) is 0 Å². The van der Waals surface area contributed by atoms with Gasteiger partial charge in [-0.05, 0) is 59.2 Å². The zero-order valence-electron chi connectivity index (χ0n) is 29.1. The third-order valence-corrected chi connectivity index (χ3v) is 11.8. The van der Waals surface area contributed by atoms with E-state index in [0.717, 1.165) is 39.0 Å². The highest BCUT2D eigenvalue weighted by atomic mass is 32.1. The first-order valence-electron chi connectivity index (χ1n) is 18.2. The number of hydrogen-bond donors (Lipinski definition) is 0. The highest BCUT2D eigenvalue weighted by Crippen LogP contribution is 2.44. The average molecular weight is 706 g/mol. The van der Waals surface area contributed by atoms with Crippen LogP contribution >= 0.6 is 11.3 Å². The van der Waals surface area contributed by atoms with E-state index >= 15 is 0 Å². The Morgan fingerprint density at radius 2 is 0.981 bits per heavy atom. The molecule has 0 N–H and O–H groups in total. The van der Waals surface area contributed by atoms with Crippen molar-refractivity contribution in [2.24, 2.45) is 0 Å². The summed E-state index contributed by atoms with van der Waals surface area (Å²) in [5.74, 6) is 0.712. The molecule has 0 aliphatic carbocycles. The first-order chi connectivity index (χ1) is 26.8. The number of nitrogens with zero attached hydrogens (tertiary/aromatic N) is 3. The lowest BCUT2D eigenvalue weighted by Gasteiger charge is -2.14. The molecule has 0 fully saturated rings. The average Bonchev–Trinajstić information content (AvgIpc) is 3.79. The number of benzene rings is 8. The molecule has 0 spiro atoms. The van der Waals surface area contributed by atoms with E-state index < -0.39 is 0 Å². The van der Waals surface area contributed by atoms with Gasteiger partial charge in [0.1, 0.15) is 0 Å². The van der Waals surface area contributed by atoms with Crippen molar-refractivity contribution in [2.75, 3.05) is 0 Å². The van der Waals surface area contributed by atoms with Crippen molar-refractivity contribution in [3.05, 3.63) is 188 Å². The van der Waals surface area contributed by atoms with Gasteiger partial charge < -0.3 is 4.57 Å². The van der Waals surface area contributed by atoms with Crippen LogP contribution in [0.25, 0.3) is 103 Å². The van der Waals surface area contributed by atoms with E-state index in [4.69, 9.17) is 9.97 Å². The Balaban J connectivity index is 1.10. The molecule has 3 heterocycles. The van der Waals surface area contributed by atoms with E-state index in [2.05, 4.69) is 193 Å². The maximum Gasteiger partial charge on any atom is 0.160 e. The molecule has 4 heteroatoms. The molecule has 0 radical (unpaired) electrons. The lowest BCUT2D eigenvalue weighted by Crippen LogP contribution is -1.96. The van der Waals surface area contributed by atoms with Gasteiger partial charge in [0.25, 0.3) is 0 Å². The van der Waals surface area contributed by atoms with Gasteiger partial charge in [-0.1, -0.05) is 146 Å². The molecule has 3 aromatic heterocycles. The predicted octanol–water partition coefficient (Wildman–Crippen LogP) is 13.8. The fourth-order valence-corrected chi connectivity index (χ4v) is 9.28. The number of rotatable bonds is 5. The number of fused-ring (bicyclic) bond motifs is 7. The van der Waals surface area contributed by atoms with Gasteiger partial charge >= 0.3 is 0 Å². The first kappa shape index (κ1) is 30.7. The lowest BCUT2D eigenvalue weighted by atomic mass is 9.98. The lowest BCUT2D eigenvalue weighted by molar-refractivity contribution is 1.19. The molecule has 0 unspecified atom stereocenters. The summed E-state index contributed by atoms with van der Waals surface area (Å²) >= 11 is 1.86. The molecule has 0 aliphatic rings. The second-order valence-electron chi connectivity index (χ2n) is 13.8. The summed E-state index contributed by atoms with van der Waals surface area (Å²) in [6.45, 7) is 0. The maximum atomic E-state index is 5.29. The van der Waals surface area contributed by atoms with E-state index in [1.165, 1.54) is 58.7 Å². The highest BCUT2D eigenvalue weighted by Gasteiger charge is 2.18. The van der Waals surface area contributed by atoms with Crippen molar-refractivity contribution in [2.45, 2.75) is 0 Å².